The Morgan fingerprint density at radius 2 is 0.575 bits per heavy atom. The number of fused-ring (bicyclic) bond motifs is 16. The Kier molecular flexibility index (Phi) is 9.62. The Hall–Kier alpha value is -10.8. The summed E-state index contributed by atoms with van der Waals surface area (Å²) in [7, 11) is 0. The van der Waals surface area contributed by atoms with Crippen LogP contribution in [0.2, 0.25) is 0 Å². The highest BCUT2D eigenvalue weighted by Gasteiger charge is 2.34. The molecule has 0 unspecified atom stereocenters. The summed E-state index contributed by atoms with van der Waals surface area (Å²) in [4.78, 5) is 65.7. The number of hydrogen-bond acceptors (Lipinski definition) is 24. The molecule has 16 rings (SSSR count). The first-order valence-electron chi connectivity index (χ1n) is 21.4. The molecule has 0 radical (unpaired) electrons. The van der Waals surface area contributed by atoms with Crippen molar-refractivity contribution in [2.45, 2.75) is 35.1 Å². The topological polar surface area (TPSA) is 344 Å². The molecular formula is C45H28N24O4. The number of carbonyl (C=O) groups excluding carboxylic acids is 4. The lowest BCUT2D eigenvalue weighted by atomic mass is 10.1. The first-order chi connectivity index (χ1) is 34.9. The maximum atomic E-state index is 12.2. The van der Waals surface area contributed by atoms with Crippen LogP contribution < -0.4 is 0 Å². The number of aryl methyl sites for hydroxylation is 4. The van der Waals surface area contributed by atoms with Crippen LogP contribution in [0.1, 0.15) is 93.9 Å². The van der Waals surface area contributed by atoms with Crippen molar-refractivity contribution in [3.8, 4) is 45.0 Å². The number of benzene rings is 4. The van der Waals surface area contributed by atoms with Crippen LogP contribution in [0, 0.1) is 27.7 Å². The summed E-state index contributed by atoms with van der Waals surface area (Å²) in [6.45, 7) is 7.81. The summed E-state index contributed by atoms with van der Waals surface area (Å²) in [6, 6.07) is 22.5. The Balaban J connectivity index is 0.0000000987. The highest BCUT2D eigenvalue weighted by molar-refractivity contribution is 6.22. The van der Waals surface area contributed by atoms with Gasteiger partial charge in [0.25, 0.3) is 23.1 Å². The van der Waals surface area contributed by atoms with E-state index in [-0.39, 0.29) is 53.7 Å². The van der Waals surface area contributed by atoms with E-state index in [1.807, 2.05) is 88.4 Å². The largest absolute Gasteiger partial charge is 0.292 e. The van der Waals surface area contributed by atoms with Crippen molar-refractivity contribution in [3.05, 3.63) is 140 Å². The fourth-order valence-electron chi connectivity index (χ4n) is 8.50. The Morgan fingerprint density at radius 1 is 0.301 bits per heavy atom. The summed E-state index contributed by atoms with van der Waals surface area (Å²) in [6.07, 6.45) is 0. The van der Waals surface area contributed by atoms with E-state index in [9.17, 15) is 19.2 Å². The van der Waals surface area contributed by atoms with Crippen molar-refractivity contribution in [2.24, 2.45) is 0 Å². The quantitative estimate of drug-likeness (QED) is 0.210. The summed E-state index contributed by atoms with van der Waals surface area (Å²) in [5, 5.41) is 60.0. The molecule has 4 aromatic carbocycles. The van der Waals surface area contributed by atoms with Crippen molar-refractivity contribution in [3.63, 3.8) is 0 Å². The van der Waals surface area contributed by atoms with E-state index in [2.05, 4.69) is 102 Å². The van der Waals surface area contributed by atoms with E-state index in [1.165, 1.54) is 9.26 Å². The van der Waals surface area contributed by atoms with Crippen molar-refractivity contribution in [1.82, 2.24) is 121 Å². The Labute approximate surface area is 405 Å². The zero-order valence-electron chi connectivity index (χ0n) is 37.3. The molecule has 73 heavy (non-hydrogen) atoms. The lowest BCUT2D eigenvalue weighted by molar-refractivity contribution is 0.102. The normalized spacial score (nSPS) is 12.7. The second-order valence-electron chi connectivity index (χ2n) is 16.6. The third kappa shape index (κ3) is 6.83. The second kappa shape index (κ2) is 16.1. The fourth-order valence-corrected chi connectivity index (χ4v) is 8.50. The van der Waals surface area contributed by atoms with Crippen molar-refractivity contribution >= 4 is 46.2 Å². The first kappa shape index (κ1) is 43.5. The predicted octanol–water partition coefficient (Wildman–Crippen LogP) is 2.37. The predicted molar refractivity (Wildman–Crippen MR) is 247 cm³/mol. The van der Waals surface area contributed by atoms with Crippen LogP contribution in [-0.4, -0.2) is 144 Å². The SMILES string of the molecule is C.Cc1ccc2c(c1)-c1nc3nnnn3nc1C2=O.Cc1ccc2c(c1)-c1nn3nnnc3nc1C2=O.Cc1ccc2c(c1)C(=O)c1nc3nnnn3nc1-2.Cc1ccc2c(c1)C(=O)c1nn3nnnc3nc1-2. The van der Waals surface area contributed by atoms with E-state index in [0.717, 1.165) is 53.8 Å². The first-order valence-corrected chi connectivity index (χ1v) is 21.4. The van der Waals surface area contributed by atoms with E-state index in [4.69, 9.17) is 0 Å². The van der Waals surface area contributed by atoms with Crippen molar-refractivity contribution < 1.29 is 19.2 Å². The molecule has 4 aliphatic carbocycles. The van der Waals surface area contributed by atoms with Crippen molar-refractivity contribution in [1.29, 1.82) is 0 Å². The molecule has 0 saturated carbocycles. The molecule has 8 aromatic heterocycles. The zero-order valence-corrected chi connectivity index (χ0v) is 37.3. The number of aromatic nitrogens is 24. The summed E-state index contributed by atoms with van der Waals surface area (Å²) in [5.41, 5.74) is 13.3. The van der Waals surface area contributed by atoms with E-state index >= 15 is 0 Å². The molecule has 352 valence electrons. The van der Waals surface area contributed by atoms with E-state index in [0.29, 0.717) is 67.8 Å². The standard InChI is InChI=1S/4C11H6N6O.CH4/c1-5-2-3-6-7(4-5)8-9(10(6)18)12-11-13-15-16-17(11)14-8;1-5-2-3-6-7(4-5)8-9(10(6)18)14-17-11(12-8)13-15-16-17;1-5-2-3-6-7(4-5)10(18)9-8(6)14-17-11(12-9)13-15-16-17;1-5-2-3-6-7(4-5)10(18)9-8(6)12-11-13-15-16-17(11)14-9;/h4*2-4H,1H3;1H4. The van der Waals surface area contributed by atoms with Gasteiger partial charge in [-0.3, -0.25) is 19.2 Å². The maximum Gasteiger partial charge on any atom is 0.292 e. The van der Waals surface area contributed by atoms with Gasteiger partial charge in [0.05, 0.1) is 0 Å². The van der Waals surface area contributed by atoms with Crippen LogP contribution in [0.5, 0.6) is 0 Å². The van der Waals surface area contributed by atoms with Crippen LogP contribution in [0.3, 0.4) is 0 Å². The average Bonchev–Trinajstić information content (AvgIpc) is 4.28. The number of tetrazole rings is 4. The van der Waals surface area contributed by atoms with Gasteiger partial charge in [-0.1, -0.05) is 117 Å². The summed E-state index contributed by atoms with van der Waals surface area (Å²) < 4.78 is 4.77. The molecule has 28 nitrogen and oxygen atoms in total. The molecule has 0 bridgehead atoms. The van der Waals surface area contributed by atoms with Gasteiger partial charge < -0.3 is 0 Å². The maximum absolute atomic E-state index is 12.2. The zero-order chi connectivity index (χ0) is 49.1. The number of nitrogens with zero attached hydrogens (tertiary/aromatic N) is 24. The second-order valence-corrected chi connectivity index (χ2v) is 16.6. The molecular weight excluding hydrogens is 941 g/mol. The van der Waals surface area contributed by atoms with Gasteiger partial charge in [0.15, 0.2) is 11.4 Å². The molecule has 0 amide bonds. The number of ketones is 4. The minimum atomic E-state index is -0.134. The van der Waals surface area contributed by atoms with Crippen LogP contribution in [0.15, 0.2) is 72.8 Å². The third-order valence-corrected chi connectivity index (χ3v) is 11.8. The Morgan fingerprint density at radius 3 is 1.00 bits per heavy atom. The fraction of sp³-hybridized carbons (Fsp3) is 0.111. The number of hydrogen-bond donors (Lipinski definition) is 0. The van der Waals surface area contributed by atoms with Gasteiger partial charge in [0.2, 0.25) is 23.1 Å². The molecule has 0 atom stereocenters. The minimum absolute atomic E-state index is 0. The molecule has 0 N–H and O–H groups in total. The lowest BCUT2D eigenvalue weighted by Gasteiger charge is -1.99. The molecule has 0 saturated heterocycles. The minimum Gasteiger partial charge on any atom is -0.287 e. The van der Waals surface area contributed by atoms with Gasteiger partial charge in [0, 0.05) is 44.5 Å². The number of carbonyl (C=O) groups is 4. The highest BCUT2D eigenvalue weighted by Crippen LogP contribution is 2.37. The number of rotatable bonds is 0. The smallest absolute Gasteiger partial charge is 0.287 e. The summed E-state index contributed by atoms with van der Waals surface area (Å²) in [5.74, 6) is 0.516. The summed E-state index contributed by atoms with van der Waals surface area (Å²) >= 11 is 0. The van der Waals surface area contributed by atoms with Crippen LogP contribution >= 0.6 is 0 Å². The van der Waals surface area contributed by atoms with E-state index in [1.54, 1.807) is 12.1 Å². The molecule has 0 fully saturated rings. The lowest BCUT2D eigenvalue weighted by Crippen LogP contribution is -2.06. The molecule has 12 aromatic rings. The Bertz CT molecular complexity index is 4120. The van der Waals surface area contributed by atoms with Gasteiger partial charge >= 0.3 is 0 Å². The molecule has 0 aliphatic heterocycles. The van der Waals surface area contributed by atoms with Gasteiger partial charge in [-0.2, -0.15) is 0 Å². The van der Waals surface area contributed by atoms with Crippen LogP contribution in [0.4, 0.5) is 0 Å². The van der Waals surface area contributed by atoms with Gasteiger partial charge in [-0.15, -0.1) is 20.4 Å². The molecule has 8 heterocycles. The van der Waals surface area contributed by atoms with Gasteiger partial charge in [0.1, 0.15) is 34.2 Å². The monoisotopic (exact) mass is 968 g/mol. The van der Waals surface area contributed by atoms with Gasteiger partial charge in [-0.25, -0.2) is 19.9 Å². The third-order valence-electron chi connectivity index (χ3n) is 11.8. The highest BCUT2D eigenvalue weighted by atomic mass is 16.1. The van der Waals surface area contributed by atoms with Crippen molar-refractivity contribution in [2.75, 3.05) is 0 Å². The van der Waals surface area contributed by atoms with Crippen LogP contribution in [0.25, 0.3) is 68.1 Å². The molecule has 0 spiro atoms. The molecule has 28 heteroatoms. The molecule has 4 aliphatic rings. The van der Waals surface area contributed by atoms with E-state index < -0.39 is 0 Å². The van der Waals surface area contributed by atoms with Gasteiger partial charge in [-0.05, 0) is 93.7 Å². The average molecular weight is 969 g/mol. The van der Waals surface area contributed by atoms with Crippen LogP contribution in [-0.2, 0) is 0 Å².